The molecule has 3 N–H and O–H groups in total. The molecule has 4 heteroatoms. The maximum Gasteiger partial charge on any atom is 0.119 e. The first-order valence-corrected chi connectivity index (χ1v) is 4.86. The average Bonchev–Trinajstić information content (AvgIpc) is 2.27. The van der Waals surface area contributed by atoms with Gasteiger partial charge in [-0.2, -0.15) is 5.10 Å². The van der Waals surface area contributed by atoms with E-state index in [-0.39, 0.29) is 6.10 Å². The van der Waals surface area contributed by atoms with Gasteiger partial charge in [-0.3, -0.25) is 0 Å². The van der Waals surface area contributed by atoms with Crippen LogP contribution in [0.5, 0.6) is 5.75 Å². The fourth-order valence-electron chi connectivity index (χ4n) is 1.91. The van der Waals surface area contributed by atoms with Crippen LogP contribution in [-0.4, -0.2) is 24.0 Å². The van der Waals surface area contributed by atoms with Crippen LogP contribution in [0.2, 0.25) is 0 Å². The summed E-state index contributed by atoms with van der Waals surface area (Å²) in [6.45, 7) is 0. The number of fused-ring (bicyclic) bond motifs is 1. The van der Waals surface area contributed by atoms with Crippen molar-refractivity contribution >= 4 is 5.71 Å². The van der Waals surface area contributed by atoms with E-state index in [1.54, 1.807) is 7.11 Å². The van der Waals surface area contributed by atoms with Crippen LogP contribution >= 0.6 is 0 Å². The predicted molar refractivity (Wildman–Crippen MR) is 58.0 cm³/mol. The van der Waals surface area contributed by atoms with E-state index in [0.717, 1.165) is 22.6 Å². The highest BCUT2D eigenvalue weighted by atomic mass is 16.5. The highest BCUT2D eigenvalue weighted by molar-refractivity contribution is 6.03. The molecule has 1 aromatic rings. The highest BCUT2D eigenvalue weighted by Gasteiger charge is 2.22. The van der Waals surface area contributed by atoms with E-state index in [0.29, 0.717) is 12.8 Å². The molecule has 0 heterocycles. The zero-order chi connectivity index (χ0) is 10.8. The summed E-state index contributed by atoms with van der Waals surface area (Å²) in [5, 5.41) is 13.3. The smallest absolute Gasteiger partial charge is 0.119 e. The third kappa shape index (κ3) is 1.80. The average molecular weight is 206 g/mol. The normalized spacial score (nSPS) is 22.5. The molecule has 0 saturated heterocycles. The molecule has 0 spiro atoms. The molecule has 0 fully saturated rings. The van der Waals surface area contributed by atoms with Crippen LogP contribution < -0.4 is 10.6 Å². The van der Waals surface area contributed by atoms with Gasteiger partial charge in [0.25, 0.3) is 0 Å². The van der Waals surface area contributed by atoms with Crippen molar-refractivity contribution in [3.8, 4) is 5.75 Å². The Balaban J connectivity index is 2.48. The minimum Gasteiger partial charge on any atom is -0.497 e. The molecule has 1 unspecified atom stereocenters. The lowest BCUT2D eigenvalue weighted by atomic mass is 9.88. The van der Waals surface area contributed by atoms with Gasteiger partial charge in [0, 0.05) is 12.0 Å². The fourth-order valence-corrected chi connectivity index (χ4v) is 1.91. The van der Waals surface area contributed by atoms with Gasteiger partial charge < -0.3 is 15.7 Å². The topological polar surface area (TPSA) is 67.8 Å². The van der Waals surface area contributed by atoms with E-state index in [9.17, 15) is 5.11 Å². The third-order valence-corrected chi connectivity index (χ3v) is 2.67. The van der Waals surface area contributed by atoms with Gasteiger partial charge >= 0.3 is 0 Å². The predicted octanol–water partition coefficient (Wildman–Crippen LogP) is 0.665. The Morgan fingerprint density at radius 3 is 2.93 bits per heavy atom. The molecule has 0 aromatic heterocycles. The number of ether oxygens (including phenoxy) is 1. The third-order valence-electron chi connectivity index (χ3n) is 2.67. The van der Waals surface area contributed by atoms with Gasteiger partial charge in [-0.25, -0.2) is 0 Å². The number of methoxy groups -OCH3 is 1. The molecule has 0 saturated carbocycles. The first-order chi connectivity index (χ1) is 7.24. The quantitative estimate of drug-likeness (QED) is 0.524. The maximum absolute atomic E-state index is 9.62. The minimum atomic E-state index is -0.381. The van der Waals surface area contributed by atoms with Crippen molar-refractivity contribution in [2.75, 3.05) is 7.11 Å². The molecule has 0 bridgehead atoms. The summed E-state index contributed by atoms with van der Waals surface area (Å²) in [5.74, 6) is 6.09. The second-order valence-corrected chi connectivity index (χ2v) is 3.66. The molecule has 1 aliphatic rings. The van der Waals surface area contributed by atoms with Gasteiger partial charge in [0.2, 0.25) is 0 Å². The minimum absolute atomic E-state index is 0.381. The Kier molecular flexibility index (Phi) is 2.60. The number of aliphatic hydroxyl groups is 1. The monoisotopic (exact) mass is 206 g/mol. The lowest BCUT2D eigenvalue weighted by Gasteiger charge is -2.22. The Bertz CT molecular complexity index is 402. The van der Waals surface area contributed by atoms with Crippen molar-refractivity contribution in [2.45, 2.75) is 18.9 Å². The van der Waals surface area contributed by atoms with Crippen molar-refractivity contribution < 1.29 is 9.84 Å². The number of rotatable bonds is 1. The first-order valence-electron chi connectivity index (χ1n) is 4.86. The largest absolute Gasteiger partial charge is 0.497 e. The van der Waals surface area contributed by atoms with Crippen LogP contribution in [0.15, 0.2) is 23.3 Å². The zero-order valence-electron chi connectivity index (χ0n) is 8.60. The standard InChI is InChI=1S/C11H14N2O2/c1-15-9-3-2-7-4-8(14)5-11(13-12)10(7)6-9/h2-3,6,8,14H,4-5,12H2,1H3. The molecule has 0 aliphatic heterocycles. The fraction of sp³-hybridized carbons (Fsp3) is 0.364. The lowest BCUT2D eigenvalue weighted by molar-refractivity contribution is 0.180. The van der Waals surface area contributed by atoms with Crippen molar-refractivity contribution in [2.24, 2.45) is 10.9 Å². The number of hydrogen-bond acceptors (Lipinski definition) is 4. The van der Waals surface area contributed by atoms with Crippen LogP contribution in [0, 0.1) is 0 Å². The van der Waals surface area contributed by atoms with Crippen molar-refractivity contribution in [1.82, 2.24) is 0 Å². The number of benzene rings is 1. The van der Waals surface area contributed by atoms with Crippen LogP contribution in [0.4, 0.5) is 0 Å². The van der Waals surface area contributed by atoms with Crippen molar-refractivity contribution in [1.29, 1.82) is 0 Å². The van der Waals surface area contributed by atoms with Gasteiger partial charge in [-0.05, 0) is 24.1 Å². The molecule has 0 radical (unpaired) electrons. The van der Waals surface area contributed by atoms with Gasteiger partial charge in [-0.15, -0.1) is 0 Å². The molecule has 4 nitrogen and oxygen atoms in total. The van der Waals surface area contributed by atoms with Crippen LogP contribution in [-0.2, 0) is 6.42 Å². The first kappa shape index (κ1) is 9.98. The SMILES string of the molecule is COc1ccc2c(c1)C(=NN)CC(O)C2. The second kappa shape index (κ2) is 3.90. The molecule has 15 heavy (non-hydrogen) atoms. The second-order valence-electron chi connectivity index (χ2n) is 3.66. The maximum atomic E-state index is 9.62. The molecular formula is C11H14N2O2. The zero-order valence-corrected chi connectivity index (χ0v) is 8.60. The lowest BCUT2D eigenvalue weighted by Crippen LogP contribution is -2.25. The van der Waals surface area contributed by atoms with Crippen LogP contribution in [0.3, 0.4) is 0 Å². The van der Waals surface area contributed by atoms with E-state index in [2.05, 4.69) is 5.10 Å². The van der Waals surface area contributed by atoms with Gasteiger partial charge in [0.05, 0.1) is 18.9 Å². The summed E-state index contributed by atoms with van der Waals surface area (Å²) >= 11 is 0. The number of nitrogens with zero attached hydrogens (tertiary/aromatic N) is 1. The number of hydrazone groups is 1. The number of hydrogen-bond donors (Lipinski definition) is 2. The number of aliphatic hydroxyl groups excluding tert-OH is 1. The molecule has 1 aromatic carbocycles. The summed E-state index contributed by atoms with van der Waals surface area (Å²) in [6.07, 6.45) is 0.780. The van der Waals surface area contributed by atoms with E-state index in [4.69, 9.17) is 10.6 Å². The Hall–Kier alpha value is -1.55. The van der Waals surface area contributed by atoms with Crippen LogP contribution in [0.25, 0.3) is 0 Å². The summed E-state index contributed by atoms with van der Waals surface area (Å²) < 4.78 is 5.14. The molecule has 2 rings (SSSR count). The molecular weight excluding hydrogens is 192 g/mol. The van der Waals surface area contributed by atoms with E-state index in [1.165, 1.54) is 0 Å². The Morgan fingerprint density at radius 2 is 2.27 bits per heavy atom. The molecule has 80 valence electrons. The molecule has 1 aliphatic carbocycles. The van der Waals surface area contributed by atoms with Gasteiger partial charge in [0.1, 0.15) is 5.75 Å². The van der Waals surface area contributed by atoms with E-state index < -0.39 is 0 Å². The van der Waals surface area contributed by atoms with Gasteiger partial charge in [0.15, 0.2) is 0 Å². The van der Waals surface area contributed by atoms with Crippen molar-refractivity contribution in [3.63, 3.8) is 0 Å². The summed E-state index contributed by atoms with van der Waals surface area (Å²) in [7, 11) is 1.62. The summed E-state index contributed by atoms with van der Waals surface area (Å²) in [4.78, 5) is 0. The Labute approximate surface area is 88.4 Å². The highest BCUT2D eigenvalue weighted by Crippen LogP contribution is 2.25. The molecule has 1 atom stereocenters. The van der Waals surface area contributed by atoms with Crippen LogP contribution in [0.1, 0.15) is 17.5 Å². The summed E-state index contributed by atoms with van der Waals surface area (Å²) in [6, 6.07) is 5.74. The summed E-state index contributed by atoms with van der Waals surface area (Å²) in [5.41, 5.74) is 2.79. The van der Waals surface area contributed by atoms with Gasteiger partial charge in [-0.1, -0.05) is 6.07 Å². The number of nitrogens with two attached hydrogens (primary N) is 1. The Morgan fingerprint density at radius 1 is 1.47 bits per heavy atom. The van der Waals surface area contributed by atoms with Crippen molar-refractivity contribution in [3.05, 3.63) is 29.3 Å². The molecule has 0 amide bonds. The van der Waals surface area contributed by atoms with E-state index >= 15 is 0 Å². The van der Waals surface area contributed by atoms with E-state index in [1.807, 2.05) is 18.2 Å².